The number of hydrogen-bond donors (Lipinski definition) is 0. The summed E-state index contributed by atoms with van der Waals surface area (Å²) < 4.78 is 11.2. The Labute approximate surface area is 163 Å². The van der Waals surface area contributed by atoms with E-state index in [-0.39, 0.29) is 20.9 Å². The first kappa shape index (κ1) is 18.9. The molecular formula is C20H20O4SSe. The summed E-state index contributed by atoms with van der Waals surface area (Å²) in [5, 5.41) is 2.92. The minimum absolute atomic E-state index is 0.118. The number of ether oxygens (including phenoxy) is 2. The van der Waals surface area contributed by atoms with Gasteiger partial charge in [-0.15, -0.1) is 0 Å². The summed E-state index contributed by atoms with van der Waals surface area (Å²) in [5.41, 5.74) is -0.297. The second kappa shape index (κ2) is 8.21. The van der Waals surface area contributed by atoms with Crippen LogP contribution in [-0.4, -0.2) is 41.1 Å². The van der Waals surface area contributed by atoms with E-state index in [0.29, 0.717) is 6.42 Å². The molecule has 3 rings (SSSR count). The molecule has 1 aliphatic rings. The van der Waals surface area contributed by atoms with E-state index in [1.54, 1.807) is 17.4 Å². The number of carbonyl (C=O) groups excluding carboxylic acids is 2. The Kier molecular flexibility index (Phi) is 5.97. The van der Waals surface area contributed by atoms with E-state index in [1.165, 1.54) is 18.7 Å². The molecule has 4 nitrogen and oxygen atoms in total. The molecule has 0 spiro atoms. The summed E-state index contributed by atoms with van der Waals surface area (Å²) >= 11 is 1.87. The number of thiophene rings is 1. The Bertz CT molecular complexity index is 782. The third-order valence-corrected chi connectivity index (χ3v) is 7.89. The van der Waals surface area contributed by atoms with Crippen LogP contribution in [0.2, 0.25) is 5.32 Å². The molecule has 2 aromatic rings. The van der Waals surface area contributed by atoms with Gasteiger partial charge in [-0.05, 0) is 0 Å². The molecule has 6 heteroatoms. The molecule has 0 saturated heterocycles. The molecule has 1 atom stereocenters. The van der Waals surface area contributed by atoms with Crippen molar-refractivity contribution >= 4 is 48.3 Å². The van der Waals surface area contributed by atoms with E-state index >= 15 is 0 Å². The average molecular weight is 435 g/mol. The molecule has 1 aromatic heterocycles. The van der Waals surface area contributed by atoms with E-state index in [2.05, 4.69) is 12.1 Å². The van der Waals surface area contributed by atoms with Gasteiger partial charge in [0, 0.05) is 0 Å². The van der Waals surface area contributed by atoms with Gasteiger partial charge in [-0.25, -0.2) is 0 Å². The van der Waals surface area contributed by atoms with Crippen LogP contribution in [0, 0.1) is 11.3 Å². The summed E-state index contributed by atoms with van der Waals surface area (Å²) in [7, 11) is 2.62. The fraction of sp³-hybridized carbons (Fsp3) is 0.300. The van der Waals surface area contributed by atoms with Crippen LogP contribution in [-0.2, 0) is 19.1 Å². The van der Waals surface area contributed by atoms with Gasteiger partial charge >= 0.3 is 163 Å². The maximum atomic E-state index is 12.5. The van der Waals surface area contributed by atoms with Crippen molar-refractivity contribution in [2.75, 3.05) is 14.2 Å². The predicted octanol–water partition coefficient (Wildman–Crippen LogP) is 2.93. The third kappa shape index (κ3) is 3.63. The second-order valence-corrected chi connectivity index (χ2v) is 9.30. The summed E-state index contributed by atoms with van der Waals surface area (Å²) in [6, 6.07) is 14.3. The van der Waals surface area contributed by atoms with Crippen LogP contribution in [0.3, 0.4) is 0 Å². The molecule has 0 radical (unpaired) electrons. The average Bonchev–Trinajstić information content (AvgIpc) is 3.34. The van der Waals surface area contributed by atoms with Crippen LogP contribution >= 0.6 is 11.3 Å². The molecule has 26 heavy (non-hydrogen) atoms. The molecule has 1 unspecified atom stereocenters. The number of benzene rings is 1. The SMILES string of the molecule is COC(=O)C1(C(=O)OC)C=C(c2cccs2)C(C[Se]c2ccccc2)C1. The quantitative estimate of drug-likeness (QED) is 0.398. The molecule has 0 saturated carbocycles. The van der Waals surface area contributed by atoms with E-state index in [0.717, 1.165) is 15.8 Å². The first-order chi connectivity index (χ1) is 12.6. The van der Waals surface area contributed by atoms with Crippen LogP contribution in [0.4, 0.5) is 0 Å². The van der Waals surface area contributed by atoms with Crippen LogP contribution < -0.4 is 4.46 Å². The predicted molar refractivity (Wildman–Crippen MR) is 104 cm³/mol. The summed E-state index contributed by atoms with van der Waals surface area (Å²) in [6.07, 6.45) is 2.18. The van der Waals surface area contributed by atoms with Crippen LogP contribution in [0.25, 0.3) is 5.57 Å². The summed E-state index contributed by atoms with van der Waals surface area (Å²) in [5.74, 6) is -0.978. The van der Waals surface area contributed by atoms with Gasteiger partial charge in [0.25, 0.3) is 0 Å². The number of hydrogen-bond acceptors (Lipinski definition) is 5. The zero-order valence-electron chi connectivity index (χ0n) is 14.6. The normalized spacial score (nSPS) is 18.2. The Morgan fingerprint density at radius 1 is 1.12 bits per heavy atom. The van der Waals surface area contributed by atoms with Crippen molar-refractivity contribution in [3.63, 3.8) is 0 Å². The van der Waals surface area contributed by atoms with Crippen molar-refractivity contribution in [3.05, 3.63) is 58.8 Å². The molecule has 0 N–H and O–H groups in total. The van der Waals surface area contributed by atoms with Crippen molar-refractivity contribution in [2.45, 2.75) is 11.7 Å². The molecule has 0 bridgehead atoms. The van der Waals surface area contributed by atoms with Gasteiger partial charge in [0.15, 0.2) is 0 Å². The zero-order valence-corrected chi connectivity index (χ0v) is 17.2. The monoisotopic (exact) mass is 436 g/mol. The molecule has 0 aliphatic heterocycles. The number of esters is 2. The molecule has 1 heterocycles. The standard InChI is InChI=1S/C20H20O4SSe/c1-23-18(21)20(19(22)24-2)11-14(13-26-15-7-4-3-5-8-15)16(12-20)17-9-6-10-25-17/h3-10,12,14H,11,13H2,1-2H3. The Morgan fingerprint density at radius 2 is 1.81 bits per heavy atom. The van der Waals surface area contributed by atoms with Crippen molar-refractivity contribution in [1.29, 1.82) is 0 Å². The van der Waals surface area contributed by atoms with E-state index < -0.39 is 17.4 Å². The van der Waals surface area contributed by atoms with Gasteiger partial charge in [-0.2, -0.15) is 0 Å². The van der Waals surface area contributed by atoms with Gasteiger partial charge in [0.05, 0.1) is 0 Å². The fourth-order valence-electron chi connectivity index (χ4n) is 3.25. The molecule has 136 valence electrons. The topological polar surface area (TPSA) is 52.6 Å². The summed E-state index contributed by atoms with van der Waals surface area (Å²) in [4.78, 5) is 26.1. The van der Waals surface area contributed by atoms with Gasteiger partial charge < -0.3 is 0 Å². The number of allylic oxidation sites excluding steroid dienone is 1. The minimum atomic E-state index is -1.35. The van der Waals surface area contributed by atoms with Gasteiger partial charge in [0.1, 0.15) is 0 Å². The first-order valence-electron chi connectivity index (χ1n) is 8.22. The number of carbonyl (C=O) groups is 2. The van der Waals surface area contributed by atoms with Gasteiger partial charge in [0.2, 0.25) is 0 Å². The van der Waals surface area contributed by atoms with Crippen molar-refractivity contribution < 1.29 is 19.1 Å². The maximum absolute atomic E-state index is 12.5. The molecule has 0 amide bonds. The molecule has 0 fully saturated rings. The molecule has 1 aromatic carbocycles. The second-order valence-electron chi connectivity index (χ2n) is 6.06. The van der Waals surface area contributed by atoms with Gasteiger partial charge in [-0.3, -0.25) is 0 Å². The van der Waals surface area contributed by atoms with Crippen LogP contribution in [0.5, 0.6) is 0 Å². The van der Waals surface area contributed by atoms with Crippen LogP contribution in [0.1, 0.15) is 11.3 Å². The Morgan fingerprint density at radius 3 is 2.38 bits per heavy atom. The molecular weight excluding hydrogens is 415 g/mol. The Balaban J connectivity index is 1.92. The Hall–Kier alpha value is -1.88. The van der Waals surface area contributed by atoms with Crippen LogP contribution in [0.15, 0.2) is 53.9 Å². The summed E-state index contributed by atoms with van der Waals surface area (Å²) in [6.45, 7) is 0. The van der Waals surface area contributed by atoms with Gasteiger partial charge in [-0.1, -0.05) is 0 Å². The number of rotatable bonds is 6. The van der Waals surface area contributed by atoms with Crippen molar-refractivity contribution in [1.82, 2.24) is 0 Å². The number of methoxy groups -OCH3 is 2. The van der Waals surface area contributed by atoms with E-state index in [4.69, 9.17) is 9.47 Å². The third-order valence-electron chi connectivity index (χ3n) is 4.51. The zero-order chi connectivity index (χ0) is 18.6. The van der Waals surface area contributed by atoms with Crippen molar-refractivity contribution in [3.8, 4) is 0 Å². The van der Waals surface area contributed by atoms with Crippen molar-refractivity contribution in [2.24, 2.45) is 11.3 Å². The molecule has 1 aliphatic carbocycles. The first-order valence-corrected chi connectivity index (χ1v) is 11.2. The van der Waals surface area contributed by atoms with E-state index in [1.807, 2.05) is 35.7 Å². The van der Waals surface area contributed by atoms with E-state index in [9.17, 15) is 9.59 Å². The fourth-order valence-corrected chi connectivity index (χ4v) is 6.26.